The number of aryl methyl sites for hydroxylation is 1. The Morgan fingerprint density at radius 2 is 2.05 bits per heavy atom. The van der Waals surface area contributed by atoms with Crippen LogP contribution in [-0.2, 0) is 4.79 Å². The van der Waals surface area contributed by atoms with E-state index >= 15 is 0 Å². The van der Waals surface area contributed by atoms with Crippen LogP contribution in [0, 0.1) is 6.92 Å². The summed E-state index contributed by atoms with van der Waals surface area (Å²) in [5.74, 6) is 0.199. The molecule has 39 heavy (non-hydrogen) atoms. The average molecular weight is 656 g/mol. The Morgan fingerprint density at radius 1 is 1.26 bits per heavy atom. The molecule has 1 amide bonds. The molecule has 2 unspecified atom stereocenters. The second-order valence-electron chi connectivity index (χ2n) is 9.78. The number of benzene rings is 2. The van der Waals surface area contributed by atoms with Crippen molar-refractivity contribution in [3.8, 4) is 11.4 Å². The summed E-state index contributed by atoms with van der Waals surface area (Å²) in [6.45, 7) is 3.10. The summed E-state index contributed by atoms with van der Waals surface area (Å²) < 4.78 is 1.86. The number of hydrogen-bond acceptors (Lipinski definition) is 6. The summed E-state index contributed by atoms with van der Waals surface area (Å²) in [4.78, 5) is 37.8. The zero-order valence-electron chi connectivity index (χ0n) is 21.5. The van der Waals surface area contributed by atoms with Crippen LogP contribution in [-0.4, -0.2) is 72.6 Å². The molecule has 2 aromatic heterocycles. The molecule has 1 saturated heterocycles. The average Bonchev–Trinajstić information content (AvgIpc) is 3.36. The van der Waals surface area contributed by atoms with Gasteiger partial charge in [0.25, 0.3) is 0 Å². The van der Waals surface area contributed by atoms with Crippen LogP contribution in [0.25, 0.3) is 22.4 Å². The third-order valence-corrected chi connectivity index (χ3v) is 10.5. The summed E-state index contributed by atoms with van der Waals surface area (Å²) in [7, 11) is 0. The molecule has 2 aromatic carbocycles. The quantitative estimate of drug-likeness (QED) is 0.185. The zero-order chi connectivity index (χ0) is 27.5. The molecule has 5 rings (SSSR count). The van der Waals surface area contributed by atoms with Crippen molar-refractivity contribution in [2.24, 2.45) is 0 Å². The number of H-pyrrole nitrogens is 2. The standard InChI is InChI=1S/C28H31AsBrN5O4/c1-16-11-20(35-9-6-19(7-10-35)32-24(38)15-36)13-22-26(16)34-27(33-22)25-21(5-8-31-28(25)39)29-14-23(37)17-3-2-4-18(30)12-17/h2-5,8,11-13,19,23,29,36-37H,6-7,9-10,14-15H2,1H3,(H,31,39)(H,32,38)(H,33,34). The third-order valence-electron chi connectivity index (χ3n) is 7.05. The normalized spacial score (nSPS) is 15.3. The van der Waals surface area contributed by atoms with Gasteiger partial charge in [-0.15, -0.1) is 0 Å². The van der Waals surface area contributed by atoms with Crippen molar-refractivity contribution in [1.29, 1.82) is 0 Å². The SMILES string of the molecule is Cc1cc(N2CCC(NC(=O)CO)CC2)cc2[nH]c(-c3c([AsH]CC(O)c4cccc(Br)c4)cc[nH]c3=O)nc12. The Bertz CT molecular complexity index is 1550. The maximum atomic E-state index is 13.0. The first-order valence-corrected chi connectivity index (χ1v) is 16.2. The van der Waals surface area contributed by atoms with Crippen LogP contribution < -0.4 is 20.1 Å². The van der Waals surface area contributed by atoms with Gasteiger partial charge in [-0.05, 0) is 0 Å². The summed E-state index contributed by atoms with van der Waals surface area (Å²) in [6.07, 6.45) is 2.66. The number of carbonyl (C=O) groups is 1. The number of hydrogen-bond donors (Lipinski definition) is 5. The number of fused-ring (bicyclic) bond motifs is 1. The number of amides is 1. The number of aliphatic hydroxyl groups is 2. The molecule has 9 nitrogen and oxygen atoms in total. The number of rotatable bonds is 8. The molecule has 0 aliphatic carbocycles. The summed E-state index contributed by atoms with van der Waals surface area (Å²) in [6, 6.07) is 13.8. The van der Waals surface area contributed by atoms with Crippen molar-refractivity contribution in [3.05, 3.63) is 74.6 Å². The van der Waals surface area contributed by atoms with E-state index in [2.05, 4.69) is 48.2 Å². The fourth-order valence-corrected chi connectivity index (χ4v) is 8.09. The molecule has 5 N–H and O–H groups in total. The molecule has 0 spiro atoms. The molecule has 2 atom stereocenters. The van der Waals surface area contributed by atoms with E-state index in [1.165, 1.54) is 0 Å². The number of aromatic amines is 2. The molecule has 1 aliphatic rings. The number of nitrogens with zero attached hydrogens (tertiary/aromatic N) is 2. The minimum absolute atomic E-state index is 0.0680. The van der Waals surface area contributed by atoms with Crippen LogP contribution in [0.2, 0.25) is 5.21 Å². The molecule has 204 valence electrons. The Hall–Kier alpha value is -2.91. The Morgan fingerprint density at radius 3 is 2.79 bits per heavy atom. The summed E-state index contributed by atoms with van der Waals surface area (Å²) in [5.41, 5.74) is 4.95. The van der Waals surface area contributed by atoms with Gasteiger partial charge in [-0.25, -0.2) is 0 Å². The predicted molar refractivity (Wildman–Crippen MR) is 158 cm³/mol. The van der Waals surface area contributed by atoms with Gasteiger partial charge < -0.3 is 5.11 Å². The fourth-order valence-electron chi connectivity index (χ4n) is 5.03. The number of pyridine rings is 1. The van der Waals surface area contributed by atoms with E-state index in [0.717, 1.165) is 62.6 Å². The molecule has 0 bridgehead atoms. The van der Waals surface area contributed by atoms with E-state index in [1.54, 1.807) is 6.20 Å². The number of aliphatic hydroxyl groups excluding tert-OH is 2. The number of aromatic nitrogens is 3. The van der Waals surface area contributed by atoms with Gasteiger partial charge in [-0.2, -0.15) is 0 Å². The Kier molecular flexibility index (Phi) is 8.57. The molecular weight excluding hydrogens is 625 g/mol. The number of halogens is 1. The van der Waals surface area contributed by atoms with Crippen LogP contribution in [0.15, 0.2) is 57.9 Å². The van der Waals surface area contributed by atoms with Gasteiger partial charge in [0.15, 0.2) is 0 Å². The molecule has 4 aromatic rings. The minimum atomic E-state index is -0.843. The molecule has 1 fully saturated rings. The zero-order valence-corrected chi connectivity index (χ0v) is 25.2. The van der Waals surface area contributed by atoms with E-state index in [1.807, 2.05) is 37.3 Å². The maximum absolute atomic E-state index is 13.0. The van der Waals surface area contributed by atoms with Gasteiger partial charge in [0.1, 0.15) is 6.61 Å². The predicted octanol–water partition coefficient (Wildman–Crippen LogP) is 2.28. The monoisotopic (exact) mass is 655 g/mol. The second kappa shape index (κ2) is 12.1. The van der Waals surface area contributed by atoms with Gasteiger partial charge in [0, 0.05) is 0 Å². The first-order valence-electron chi connectivity index (χ1n) is 12.9. The Balaban J connectivity index is 1.37. The molecule has 0 saturated carbocycles. The van der Waals surface area contributed by atoms with E-state index in [0.29, 0.717) is 16.6 Å². The van der Waals surface area contributed by atoms with Crippen molar-refractivity contribution in [2.75, 3.05) is 24.6 Å². The first-order chi connectivity index (χ1) is 18.8. The van der Waals surface area contributed by atoms with E-state index in [4.69, 9.17) is 10.1 Å². The van der Waals surface area contributed by atoms with Crippen molar-refractivity contribution in [3.63, 3.8) is 0 Å². The fraction of sp³-hybridized carbons (Fsp3) is 0.321. The van der Waals surface area contributed by atoms with Crippen LogP contribution in [0.4, 0.5) is 5.69 Å². The Labute approximate surface area is 240 Å². The van der Waals surface area contributed by atoms with E-state index in [9.17, 15) is 14.7 Å². The van der Waals surface area contributed by atoms with Crippen LogP contribution >= 0.6 is 15.9 Å². The van der Waals surface area contributed by atoms with Crippen LogP contribution in [0.1, 0.15) is 30.1 Å². The van der Waals surface area contributed by atoms with Gasteiger partial charge >= 0.3 is 219 Å². The van der Waals surface area contributed by atoms with Gasteiger partial charge in [0.05, 0.1) is 0 Å². The van der Waals surface area contributed by atoms with Crippen LogP contribution in [0.3, 0.4) is 0 Å². The molecule has 0 radical (unpaired) electrons. The summed E-state index contributed by atoms with van der Waals surface area (Å²) in [5, 5.41) is 23.2. The van der Waals surface area contributed by atoms with Crippen molar-refractivity contribution < 1.29 is 15.0 Å². The number of carbonyl (C=O) groups excluding carboxylic acids is 1. The topological polar surface area (TPSA) is 134 Å². The number of imidazole rings is 1. The first kappa shape index (κ1) is 27.6. The van der Waals surface area contributed by atoms with Crippen molar-refractivity contribution in [2.45, 2.75) is 37.1 Å². The summed E-state index contributed by atoms with van der Waals surface area (Å²) >= 11 is 2.62. The molecule has 1 aliphatic heterocycles. The number of anilines is 1. The van der Waals surface area contributed by atoms with Gasteiger partial charge in [0.2, 0.25) is 5.91 Å². The van der Waals surface area contributed by atoms with E-state index in [-0.39, 0.29) is 17.5 Å². The molecular formula is C28H31AsBrN5O4. The number of piperidine rings is 1. The second-order valence-corrected chi connectivity index (χ2v) is 13.4. The van der Waals surface area contributed by atoms with E-state index < -0.39 is 28.5 Å². The van der Waals surface area contributed by atoms with Gasteiger partial charge in [-0.1, -0.05) is 0 Å². The molecule has 3 heterocycles. The van der Waals surface area contributed by atoms with Crippen molar-refractivity contribution >= 4 is 58.7 Å². The van der Waals surface area contributed by atoms with Crippen LogP contribution in [0.5, 0.6) is 0 Å². The van der Waals surface area contributed by atoms with Crippen molar-refractivity contribution in [1.82, 2.24) is 20.3 Å². The third kappa shape index (κ3) is 6.30. The van der Waals surface area contributed by atoms with Gasteiger partial charge in [-0.3, -0.25) is 4.79 Å². The number of nitrogens with one attached hydrogen (secondary N) is 3. The molecule has 11 heteroatoms.